The van der Waals surface area contributed by atoms with Gasteiger partial charge in [-0.3, -0.25) is 9.69 Å². The molecule has 4 heteroatoms. The molecular formula is C13H24N2O2. The van der Waals surface area contributed by atoms with Crippen LogP contribution in [0.25, 0.3) is 0 Å². The van der Waals surface area contributed by atoms with Gasteiger partial charge in [-0.2, -0.15) is 0 Å². The molecule has 1 atom stereocenters. The maximum atomic E-state index is 11.2. The average Bonchev–Trinajstić information content (AvgIpc) is 2.29. The minimum atomic E-state index is -0.647. The van der Waals surface area contributed by atoms with Crippen molar-refractivity contribution in [3.05, 3.63) is 0 Å². The van der Waals surface area contributed by atoms with Crippen LogP contribution in [0.5, 0.6) is 0 Å². The first-order valence-electron chi connectivity index (χ1n) is 6.78. The molecule has 0 aromatic heterocycles. The maximum Gasteiger partial charge on any atom is 0.305 e. The molecule has 98 valence electrons. The SMILES string of the molecule is CN1CCCC(CC(=O)O)(N2CCCCC2)C1. The topological polar surface area (TPSA) is 43.8 Å². The molecule has 2 aliphatic rings. The molecule has 2 saturated heterocycles. The summed E-state index contributed by atoms with van der Waals surface area (Å²) in [5, 5.41) is 9.20. The fraction of sp³-hybridized carbons (Fsp3) is 0.923. The van der Waals surface area contributed by atoms with Crippen LogP contribution in [0.2, 0.25) is 0 Å². The number of hydrogen-bond donors (Lipinski definition) is 1. The van der Waals surface area contributed by atoms with Crippen molar-refractivity contribution < 1.29 is 9.90 Å². The minimum Gasteiger partial charge on any atom is -0.481 e. The fourth-order valence-corrected chi connectivity index (χ4v) is 3.50. The van der Waals surface area contributed by atoms with Crippen molar-refractivity contribution >= 4 is 5.97 Å². The highest BCUT2D eigenvalue weighted by molar-refractivity contribution is 5.68. The van der Waals surface area contributed by atoms with Crippen LogP contribution in [0.4, 0.5) is 0 Å². The highest BCUT2D eigenvalue weighted by Gasteiger charge is 2.41. The zero-order valence-corrected chi connectivity index (χ0v) is 10.8. The second-order valence-corrected chi connectivity index (χ2v) is 5.68. The molecule has 2 aliphatic heterocycles. The van der Waals surface area contributed by atoms with Crippen LogP contribution in [0.3, 0.4) is 0 Å². The van der Waals surface area contributed by atoms with Gasteiger partial charge in [0, 0.05) is 12.1 Å². The molecule has 0 saturated carbocycles. The van der Waals surface area contributed by atoms with Crippen LogP contribution in [0.15, 0.2) is 0 Å². The number of hydrogen-bond acceptors (Lipinski definition) is 3. The molecule has 0 spiro atoms. The van der Waals surface area contributed by atoms with Crippen molar-refractivity contribution in [1.82, 2.24) is 9.80 Å². The fourth-order valence-electron chi connectivity index (χ4n) is 3.50. The second-order valence-electron chi connectivity index (χ2n) is 5.68. The molecule has 0 bridgehead atoms. The van der Waals surface area contributed by atoms with Crippen LogP contribution < -0.4 is 0 Å². The van der Waals surface area contributed by atoms with Crippen LogP contribution in [0.1, 0.15) is 38.5 Å². The molecule has 0 radical (unpaired) electrons. The van der Waals surface area contributed by atoms with E-state index >= 15 is 0 Å². The Morgan fingerprint density at radius 1 is 1.18 bits per heavy atom. The summed E-state index contributed by atoms with van der Waals surface area (Å²) in [5.41, 5.74) is -0.0980. The zero-order valence-electron chi connectivity index (χ0n) is 10.8. The van der Waals surface area contributed by atoms with Gasteiger partial charge >= 0.3 is 5.97 Å². The second kappa shape index (κ2) is 5.36. The summed E-state index contributed by atoms with van der Waals surface area (Å²) in [7, 11) is 2.11. The number of carboxylic acids is 1. The Morgan fingerprint density at radius 2 is 1.88 bits per heavy atom. The highest BCUT2D eigenvalue weighted by Crippen LogP contribution is 2.32. The number of likely N-dealkylation sites (N-methyl/N-ethyl adjacent to an activating group) is 1. The van der Waals surface area contributed by atoms with E-state index in [9.17, 15) is 9.90 Å². The number of aliphatic carboxylic acids is 1. The van der Waals surface area contributed by atoms with Crippen LogP contribution >= 0.6 is 0 Å². The Kier molecular flexibility index (Phi) is 4.05. The number of carbonyl (C=O) groups is 1. The lowest BCUT2D eigenvalue weighted by Crippen LogP contribution is -2.60. The van der Waals surface area contributed by atoms with E-state index in [1.807, 2.05) is 0 Å². The normalized spacial score (nSPS) is 32.5. The van der Waals surface area contributed by atoms with Crippen molar-refractivity contribution in [3.63, 3.8) is 0 Å². The third kappa shape index (κ3) is 2.99. The van der Waals surface area contributed by atoms with Crippen molar-refractivity contribution in [2.24, 2.45) is 0 Å². The van der Waals surface area contributed by atoms with E-state index in [1.54, 1.807) is 0 Å². The van der Waals surface area contributed by atoms with Crippen molar-refractivity contribution in [3.8, 4) is 0 Å². The summed E-state index contributed by atoms with van der Waals surface area (Å²) in [6, 6.07) is 0. The van der Waals surface area contributed by atoms with Gasteiger partial charge in [0.1, 0.15) is 0 Å². The van der Waals surface area contributed by atoms with E-state index in [-0.39, 0.29) is 5.54 Å². The maximum absolute atomic E-state index is 11.2. The van der Waals surface area contributed by atoms with Gasteiger partial charge in [0.25, 0.3) is 0 Å². The Hall–Kier alpha value is -0.610. The third-order valence-corrected chi connectivity index (χ3v) is 4.25. The number of nitrogens with zero attached hydrogens (tertiary/aromatic N) is 2. The zero-order chi connectivity index (χ0) is 12.3. The predicted octanol–water partition coefficient (Wildman–Crippen LogP) is 1.41. The van der Waals surface area contributed by atoms with Gasteiger partial charge in [-0.05, 0) is 52.4 Å². The van der Waals surface area contributed by atoms with E-state index in [4.69, 9.17) is 0 Å². The molecule has 17 heavy (non-hydrogen) atoms. The third-order valence-electron chi connectivity index (χ3n) is 4.25. The summed E-state index contributed by atoms with van der Waals surface area (Å²) in [6.45, 7) is 4.19. The number of rotatable bonds is 3. The first-order valence-corrected chi connectivity index (χ1v) is 6.78. The minimum absolute atomic E-state index is 0.0980. The monoisotopic (exact) mass is 240 g/mol. The first kappa shape index (κ1) is 12.8. The van der Waals surface area contributed by atoms with Gasteiger partial charge in [0.05, 0.1) is 6.42 Å². The van der Waals surface area contributed by atoms with Gasteiger partial charge in [0.15, 0.2) is 0 Å². The van der Waals surface area contributed by atoms with Crippen molar-refractivity contribution in [2.75, 3.05) is 33.2 Å². The summed E-state index contributed by atoms with van der Waals surface area (Å²) >= 11 is 0. The molecule has 2 rings (SSSR count). The first-order chi connectivity index (χ1) is 8.12. The van der Waals surface area contributed by atoms with Crippen LogP contribution in [0, 0.1) is 0 Å². The molecule has 1 N–H and O–H groups in total. The predicted molar refractivity (Wildman–Crippen MR) is 67.1 cm³/mol. The molecule has 4 nitrogen and oxygen atoms in total. The lowest BCUT2D eigenvalue weighted by atomic mass is 9.83. The molecule has 0 aliphatic carbocycles. The van der Waals surface area contributed by atoms with E-state index in [1.165, 1.54) is 19.3 Å². The molecule has 0 aromatic carbocycles. The van der Waals surface area contributed by atoms with E-state index in [0.29, 0.717) is 6.42 Å². The Bertz CT molecular complexity index is 277. The van der Waals surface area contributed by atoms with Gasteiger partial charge in [-0.25, -0.2) is 0 Å². The standard InChI is InChI=1S/C13H24N2O2/c1-14-7-5-6-13(11-14,10-12(16)17)15-8-3-2-4-9-15/h2-11H2,1H3,(H,16,17). The summed E-state index contributed by atoms with van der Waals surface area (Å²) in [6.07, 6.45) is 6.23. The summed E-state index contributed by atoms with van der Waals surface area (Å²) in [5.74, 6) is -0.647. The Balaban J connectivity index is 2.12. The van der Waals surface area contributed by atoms with Crippen LogP contribution in [-0.2, 0) is 4.79 Å². The number of likely N-dealkylation sites (tertiary alicyclic amines) is 2. The van der Waals surface area contributed by atoms with Gasteiger partial charge in [-0.1, -0.05) is 6.42 Å². The number of piperidine rings is 2. The van der Waals surface area contributed by atoms with Gasteiger partial charge in [-0.15, -0.1) is 0 Å². The molecular weight excluding hydrogens is 216 g/mol. The lowest BCUT2D eigenvalue weighted by Gasteiger charge is -2.49. The van der Waals surface area contributed by atoms with Gasteiger partial charge in [0.2, 0.25) is 0 Å². The van der Waals surface area contributed by atoms with E-state index in [0.717, 1.165) is 39.0 Å². The Morgan fingerprint density at radius 3 is 2.47 bits per heavy atom. The summed E-state index contributed by atoms with van der Waals surface area (Å²) in [4.78, 5) is 15.9. The van der Waals surface area contributed by atoms with Gasteiger partial charge < -0.3 is 10.0 Å². The quantitative estimate of drug-likeness (QED) is 0.810. The molecule has 0 amide bonds. The smallest absolute Gasteiger partial charge is 0.305 e. The molecule has 0 aromatic rings. The largest absolute Gasteiger partial charge is 0.481 e. The molecule has 2 fully saturated rings. The van der Waals surface area contributed by atoms with Crippen LogP contribution in [-0.4, -0.2) is 59.6 Å². The summed E-state index contributed by atoms with van der Waals surface area (Å²) < 4.78 is 0. The van der Waals surface area contributed by atoms with E-state index < -0.39 is 5.97 Å². The molecule has 2 heterocycles. The highest BCUT2D eigenvalue weighted by atomic mass is 16.4. The Labute approximate surface area is 104 Å². The van der Waals surface area contributed by atoms with Crippen molar-refractivity contribution in [1.29, 1.82) is 0 Å². The lowest BCUT2D eigenvalue weighted by molar-refractivity contribution is -0.142. The van der Waals surface area contributed by atoms with Crippen molar-refractivity contribution in [2.45, 2.75) is 44.1 Å². The number of carboxylic acid groups (broad SMARTS) is 1. The van der Waals surface area contributed by atoms with E-state index in [2.05, 4.69) is 16.8 Å². The molecule has 1 unspecified atom stereocenters. The average molecular weight is 240 g/mol.